The molecule has 4 aromatic heterocycles. The molecule has 0 bridgehead atoms. The van der Waals surface area contributed by atoms with Crippen molar-refractivity contribution in [3.63, 3.8) is 0 Å². The molecular formula is C67H38N8. The zero-order valence-electron chi connectivity index (χ0n) is 40.0. The molecule has 4 heterocycles. The number of nitriles is 3. The van der Waals surface area contributed by atoms with Gasteiger partial charge in [0.2, 0.25) is 0 Å². The van der Waals surface area contributed by atoms with Gasteiger partial charge in [0, 0.05) is 60.4 Å². The van der Waals surface area contributed by atoms with Crippen molar-refractivity contribution in [2.75, 3.05) is 0 Å². The van der Waals surface area contributed by atoms with E-state index in [0.29, 0.717) is 28.2 Å². The van der Waals surface area contributed by atoms with E-state index in [2.05, 4.69) is 190 Å². The van der Waals surface area contributed by atoms with Crippen LogP contribution >= 0.6 is 0 Å². The second kappa shape index (κ2) is 17.2. The quantitative estimate of drug-likeness (QED) is 0.158. The van der Waals surface area contributed by atoms with Gasteiger partial charge in [0.15, 0.2) is 5.82 Å². The number of hydrogen-bond donors (Lipinski definition) is 0. The van der Waals surface area contributed by atoms with E-state index in [1.807, 2.05) is 48.5 Å². The predicted molar refractivity (Wildman–Crippen MR) is 301 cm³/mol. The third-order valence-corrected chi connectivity index (χ3v) is 14.6. The minimum atomic E-state index is 0.519. The van der Waals surface area contributed by atoms with E-state index in [1.54, 1.807) is 24.3 Å². The van der Waals surface area contributed by atoms with Crippen LogP contribution < -0.4 is 0 Å². The molecule has 0 aliphatic rings. The molecule has 0 amide bonds. The molecule has 14 rings (SSSR count). The van der Waals surface area contributed by atoms with Gasteiger partial charge in [0.25, 0.3) is 0 Å². The first kappa shape index (κ1) is 43.0. The van der Waals surface area contributed by atoms with Crippen LogP contribution in [0.3, 0.4) is 0 Å². The van der Waals surface area contributed by atoms with Gasteiger partial charge in [-0.25, -0.2) is 9.97 Å². The van der Waals surface area contributed by atoms with Gasteiger partial charge >= 0.3 is 0 Å². The zero-order valence-corrected chi connectivity index (χ0v) is 40.0. The number of para-hydroxylation sites is 4. The van der Waals surface area contributed by atoms with Crippen molar-refractivity contribution < 1.29 is 0 Å². The standard InChI is InChI=1S/C67H38N8/c68-39-42-17-21-45(22-18-42)58-38-59(72-67(71-58)47-23-19-43(40-69)20-24-47)46-27-25-44(26-28-46)48-29-32-60(49(35-48)41-70)75-65-33-30-50(73-61-13-5-1-9-52(61)53-10-2-6-14-62(53)73)36-56(65)57-37-51(31-34-66(57)75)74-63-15-7-3-11-54(63)55-12-4-8-16-64(55)74/h1-38H. The van der Waals surface area contributed by atoms with Gasteiger partial charge in [-0.1, -0.05) is 115 Å². The second-order valence-electron chi connectivity index (χ2n) is 18.7. The molecule has 0 N–H and O–H groups in total. The average Bonchev–Trinajstić information content (AvgIpc) is 4.12. The molecule has 0 unspecified atom stereocenters. The first-order valence-corrected chi connectivity index (χ1v) is 24.6. The van der Waals surface area contributed by atoms with Crippen LogP contribution in [0.2, 0.25) is 0 Å². The van der Waals surface area contributed by atoms with Gasteiger partial charge < -0.3 is 13.7 Å². The number of rotatable bonds is 7. The summed E-state index contributed by atoms with van der Waals surface area (Å²) in [6.07, 6.45) is 0. The lowest BCUT2D eigenvalue weighted by molar-refractivity contribution is 1.15. The monoisotopic (exact) mass is 954 g/mol. The lowest BCUT2D eigenvalue weighted by Crippen LogP contribution is -1.99. The maximum absolute atomic E-state index is 11.0. The van der Waals surface area contributed by atoms with Crippen LogP contribution in [0.25, 0.3) is 128 Å². The Morgan fingerprint density at radius 2 is 0.680 bits per heavy atom. The smallest absolute Gasteiger partial charge is 0.160 e. The average molecular weight is 955 g/mol. The molecule has 346 valence electrons. The number of fused-ring (bicyclic) bond motifs is 9. The maximum Gasteiger partial charge on any atom is 0.160 e. The summed E-state index contributed by atoms with van der Waals surface area (Å²) < 4.78 is 6.96. The Morgan fingerprint density at radius 1 is 0.293 bits per heavy atom. The molecule has 0 aliphatic heterocycles. The van der Waals surface area contributed by atoms with Crippen molar-refractivity contribution in [1.29, 1.82) is 15.8 Å². The van der Waals surface area contributed by atoms with E-state index in [9.17, 15) is 15.8 Å². The van der Waals surface area contributed by atoms with Gasteiger partial charge in [-0.3, -0.25) is 0 Å². The Bertz CT molecular complexity index is 4430. The summed E-state index contributed by atoms with van der Waals surface area (Å²) in [6, 6.07) is 85.6. The van der Waals surface area contributed by atoms with Crippen LogP contribution in [0.1, 0.15) is 16.7 Å². The summed E-state index contributed by atoms with van der Waals surface area (Å²) in [5, 5.41) is 36.9. The summed E-state index contributed by atoms with van der Waals surface area (Å²) in [5.74, 6) is 0.519. The minimum Gasteiger partial charge on any atom is -0.309 e. The Morgan fingerprint density at radius 3 is 1.12 bits per heavy atom. The fraction of sp³-hybridized carbons (Fsp3) is 0. The third kappa shape index (κ3) is 6.96. The van der Waals surface area contributed by atoms with Crippen molar-refractivity contribution in [2.45, 2.75) is 0 Å². The van der Waals surface area contributed by atoms with Crippen molar-refractivity contribution in [2.24, 2.45) is 0 Å². The Labute approximate surface area is 430 Å². The SMILES string of the molecule is N#Cc1ccc(-c2cc(-c3ccc(-c4ccc(-n5c6ccc(-n7c8ccccc8c8ccccc87)cc6c6cc(-n7c8ccccc8c8ccccc87)ccc65)c(C#N)c4)cc3)nc(-c3ccc(C#N)cc3)n2)cc1. The normalized spacial score (nSPS) is 11.4. The molecular weight excluding hydrogens is 917 g/mol. The summed E-state index contributed by atoms with van der Waals surface area (Å²) in [5.41, 5.74) is 16.9. The summed E-state index contributed by atoms with van der Waals surface area (Å²) >= 11 is 0. The largest absolute Gasteiger partial charge is 0.309 e. The van der Waals surface area contributed by atoms with E-state index in [4.69, 9.17) is 9.97 Å². The first-order chi connectivity index (χ1) is 37.0. The molecule has 0 aliphatic carbocycles. The van der Waals surface area contributed by atoms with Gasteiger partial charge in [-0.2, -0.15) is 15.8 Å². The Hall–Kier alpha value is -10.9. The zero-order chi connectivity index (χ0) is 50.1. The minimum absolute atomic E-state index is 0.519. The van der Waals surface area contributed by atoms with Gasteiger partial charge in [-0.05, 0) is 126 Å². The third-order valence-electron chi connectivity index (χ3n) is 14.6. The topological polar surface area (TPSA) is 112 Å². The van der Waals surface area contributed by atoms with Crippen molar-refractivity contribution in [1.82, 2.24) is 23.7 Å². The molecule has 75 heavy (non-hydrogen) atoms. The molecule has 8 heteroatoms. The summed E-state index contributed by atoms with van der Waals surface area (Å²) in [4.78, 5) is 9.93. The number of benzene rings is 10. The lowest BCUT2D eigenvalue weighted by Gasteiger charge is -2.13. The van der Waals surface area contributed by atoms with Crippen LogP contribution in [0.15, 0.2) is 231 Å². The van der Waals surface area contributed by atoms with E-state index in [1.165, 1.54) is 21.5 Å². The van der Waals surface area contributed by atoms with Crippen LogP contribution in [0.5, 0.6) is 0 Å². The molecule has 14 aromatic rings. The van der Waals surface area contributed by atoms with Crippen molar-refractivity contribution in [3.8, 4) is 80.3 Å². The lowest BCUT2D eigenvalue weighted by atomic mass is 9.99. The Balaban J connectivity index is 0.901. The van der Waals surface area contributed by atoms with E-state index in [0.717, 1.165) is 94.4 Å². The molecule has 0 spiro atoms. The van der Waals surface area contributed by atoms with E-state index < -0.39 is 0 Å². The second-order valence-corrected chi connectivity index (χ2v) is 18.7. The highest BCUT2D eigenvalue weighted by atomic mass is 15.0. The van der Waals surface area contributed by atoms with Gasteiger partial charge in [-0.15, -0.1) is 0 Å². The fourth-order valence-electron chi connectivity index (χ4n) is 11.1. The van der Waals surface area contributed by atoms with Crippen molar-refractivity contribution in [3.05, 3.63) is 247 Å². The number of nitrogens with zero attached hydrogens (tertiary/aromatic N) is 8. The molecule has 8 nitrogen and oxygen atoms in total. The summed E-state index contributed by atoms with van der Waals surface area (Å²) in [7, 11) is 0. The maximum atomic E-state index is 11.0. The van der Waals surface area contributed by atoms with E-state index >= 15 is 0 Å². The van der Waals surface area contributed by atoms with Gasteiger partial charge in [0.05, 0.1) is 79.0 Å². The van der Waals surface area contributed by atoms with Crippen LogP contribution in [0, 0.1) is 34.0 Å². The molecule has 0 radical (unpaired) electrons. The van der Waals surface area contributed by atoms with Crippen LogP contribution in [-0.2, 0) is 0 Å². The van der Waals surface area contributed by atoms with Crippen molar-refractivity contribution >= 4 is 65.4 Å². The highest BCUT2D eigenvalue weighted by Gasteiger charge is 2.21. The highest BCUT2D eigenvalue weighted by molar-refractivity contribution is 6.14. The predicted octanol–water partition coefficient (Wildman–Crippen LogP) is 16.1. The van der Waals surface area contributed by atoms with Crippen LogP contribution in [-0.4, -0.2) is 23.7 Å². The number of hydrogen-bond acceptors (Lipinski definition) is 5. The van der Waals surface area contributed by atoms with Crippen LogP contribution in [0.4, 0.5) is 0 Å². The molecule has 0 atom stereocenters. The Kier molecular flexibility index (Phi) is 9.85. The number of aromatic nitrogens is 5. The fourth-order valence-corrected chi connectivity index (χ4v) is 11.1. The molecule has 0 saturated carbocycles. The molecule has 0 fully saturated rings. The highest BCUT2D eigenvalue weighted by Crippen LogP contribution is 2.41. The first-order valence-electron chi connectivity index (χ1n) is 24.6. The molecule has 10 aromatic carbocycles. The summed E-state index contributed by atoms with van der Waals surface area (Å²) in [6.45, 7) is 0. The van der Waals surface area contributed by atoms with E-state index in [-0.39, 0.29) is 0 Å². The van der Waals surface area contributed by atoms with Gasteiger partial charge in [0.1, 0.15) is 6.07 Å². The molecule has 0 saturated heterocycles.